The second kappa shape index (κ2) is 11.5. The van der Waals surface area contributed by atoms with Crippen molar-refractivity contribution >= 4 is 23.0 Å². The number of H-pyrrole nitrogens is 1. The van der Waals surface area contributed by atoms with Crippen molar-refractivity contribution in [3.05, 3.63) is 65.1 Å². The second-order valence-electron chi connectivity index (χ2n) is 11.5. The molecule has 42 heavy (non-hydrogen) atoms. The molecule has 0 unspecified atom stereocenters. The molecule has 0 radical (unpaired) electrons. The Kier molecular flexibility index (Phi) is 8.13. The summed E-state index contributed by atoms with van der Waals surface area (Å²) < 4.78 is 58.5. The number of amides is 1. The van der Waals surface area contributed by atoms with Gasteiger partial charge in [-0.25, -0.2) is 4.79 Å². The van der Waals surface area contributed by atoms with Gasteiger partial charge in [0.05, 0.1) is 36.1 Å². The molecule has 2 aromatic heterocycles. The van der Waals surface area contributed by atoms with E-state index in [2.05, 4.69) is 10.00 Å². The van der Waals surface area contributed by atoms with E-state index in [1.807, 2.05) is 13.8 Å². The summed E-state index contributed by atoms with van der Waals surface area (Å²) in [6.07, 6.45) is -2.60. The van der Waals surface area contributed by atoms with E-state index in [0.29, 0.717) is 42.4 Å². The van der Waals surface area contributed by atoms with Gasteiger partial charge in [-0.1, -0.05) is 13.8 Å². The summed E-state index contributed by atoms with van der Waals surface area (Å²) in [6.45, 7) is 11.6. The molecule has 226 valence electrons. The third kappa shape index (κ3) is 6.19. The number of carbonyl (C=O) groups is 2. The summed E-state index contributed by atoms with van der Waals surface area (Å²) in [4.78, 5) is 30.7. The molecule has 3 aromatic rings. The number of rotatable bonds is 7. The minimum Gasteiger partial charge on any atom is -0.492 e. The number of nitrogens with zero attached hydrogens (tertiary/aromatic N) is 3. The van der Waals surface area contributed by atoms with Crippen LogP contribution < -0.4 is 4.74 Å². The van der Waals surface area contributed by atoms with Crippen LogP contribution in [-0.2, 0) is 25.9 Å². The molecule has 1 amide bonds. The molecule has 0 spiro atoms. The van der Waals surface area contributed by atoms with Gasteiger partial charge in [0, 0.05) is 55.1 Å². The number of aromatic amines is 1. The lowest BCUT2D eigenvalue weighted by Gasteiger charge is -2.29. The maximum absolute atomic E-state index is 13.7. The highest BCUT2D eigenvalue weighted by molar-refractivity contribution is 6.17. The summed E-state index contributed by atoms with van der Waals surface area (Å²) in [6, 6.07) is 7.81. The van der Waals surface area contributed by atoms with Crippen LogP contribution in [0.4, 0.5) is 13.2 Å². The third-order valence-electron chi connectivity index (χ3n) is 7.39. The van der Waals surface area contributed by atoms with Crippen molar-refractivity contribution in [1.29, 1.82) is 0 Å². The molecule has 0 atom stereocenters. The first-order valence-electron chi connectivity index (χ1n) is 13.9. The minimum absolute atomic E-state index is 0.0537. The van der Waals surface area contributed by atoms with Gasteiger partial charge in [-0.15, -0.1) is 0 Å². The molecule has 1 aromatic carbocycles. The zero-order valence-electron chi connectivity index (χ0n) is 24.1. The van der Waals surface area contributed by atoms with E-state index in [1.165, 1.54) is 15.6 Å². The molecule has 9 nitrogen and oxygen atoms in total. The number of ether oxygens (including phenoxy) is 3. The fraction of sp³-hybridized carbons (Fsp3) is 0.467. The van der Waals surface area contributed by atoms with Crippen LogP contribution in [0.2, 0.25) is 0 Å². The van der Waals surface area contributed by atoms with Crippen molar-refractivity contribution < 1.29 is 37.0 Å². The number of morpholine rings is 1. The molecular weight excluding hydrogens is 553 g/mol. The van der Waals surface area contributed by atoms with Gasteiger partial charge in [0.2, 0.25) is 0 Å². The number of nitrogens with one attached hydrogen (secondary N) is 1. The fourth-order valence-corrected chi connectivity index (χ4v) is 5.40. The van der Waals surface area contributed by atoms with Gasteiger partial charge in [0.25, 0.3) is 5.91 Å². The van der Waals surface area contributed by atoms with Crippen LogP contribution in [0.3, 0.4) is 0 Å². The first kappa shape index (κ1) is 29.7. The quantitative estimate of drug-likeness (QED) is 0.402. The number of halogens is 3. The van der Waals surface area contributed by atoms with Gasteiger partial charge in [-0.3, -0.25) is 19.3 Å². The van der Waals surface area contributed by atoms with E-state index in [0.717, 1.165) is 31.9 Å². The van der Waals surface area contributed by atoms with Crippen molar-refractivity contribution in [2.75, 3.05) is 46.0 Å². The van der Waals surface area contributed by atoms with Crippen LogP contribution >= 0.6 is 0 Å². The topological polar surface area (TPSA) is 88.5 Å². The Labute approximate surface area is 241 Å². The highest BCUT2D eigenvalue weighted by Crippen LogP contribution is 2.41. The van der Waals surface area contributed by atoms with Crippen molar-refractivity contribution in [1.82, 2.24) is 19.4 Å². The molecule has 0 saturated carbocycles. The third-order valence-corrected chi connectivity index (χ3v) is 7.39. The van der Waals surface area contributed by atoms with Crippen LogP contribution in [0.5, 0.6) is 5.75 Å². The number of hydrogen-bond donors (Lipinski definition) is 1. The Hall–Kier alpha value is -3.77. The van der Waals surface area contributed by atoms with Crippen LogP contribution in [0.15, 0.2) is 42.7 Å². The van der Waals surface area contributed by atoms with Crippen LogP contribution in [0.25, 0.3) is 11.1 Å². The number of esters is 1. The SMILES string of the molecule is CC(C)OC(=O)C1=CN(C(=O)c2ccc(OCCN3CCOCC3)cc2)CC(C)(C)c2c1[nH]n1cc(C(F)(F)F)cc21. The number of hydrogen-bond acceptors (Lipinski definition) is 6. The number of aromatic nitrogens is 2. The minimum atomic E-state index is -4.54. The maximum atomic E-state index is 13.7. The molecule has 1 saturated heterocycles. The summed E-state index contributed by atoms with van der Waals surface area (Å²) in [5.74, 6) is -0.435. The number of alkyl halides is 3. The molecule has 5 rings (SSSR count). The monoisotopic (exact) mass is 588 g/mol. The molecule has 0 aliphatic carbocycles. The predicted molar refractivity (Wildman–Crippen MR) is 149 cm³/mol. The second-order valence-corrected chi connectivity index (χ2v) is 11.5. The lowest BCUT2D eigenvalue weighted by molar-refractivity contribution is -0.140. The van der Waals surface area contributed by atoms with Crippen molar-refractivity contribution in [3.8, 4) is 5.75 Å². The van der Waals surface area contributed by atoms with Gasteiger partial charge in [0.1, 0.15) is 17.9 Å². The smallest absolute Gasteiger partial charge is 0.417 e. The van der Waals surface area contributed by atoms with Crippen molar-refractivity contribution in [2.24, 2.45) is 0 Å². The Morgan fingerprint density at radius 1 is 1.12 bits per heavy atom. The van der Waals surface area contributed by atoms with E-state index in [4.69, 9.17) is 14.2 Å². The number of carbonyl (C=O) groups excluding carboxylic acids is 2. The average Bonchev–Trinajstić information content (AvgIpc) is 3.47. The Bertz CT molecular complexity index is 1480. The zero-order chi connectivity index (χ0) is 30.2. The summed E-state index contributed by atoms with van der Waals surface area (Å²) >= 11 is 0. The highest BCUT2D eigenvalue weighted by Gasteiger charge is 2.40. The van der Waals surface area contributed by atoms with Gasteiger partial charge in [0.15, 0.2) is 0 Å². The average molecular weight is 589 g/mol. The van der Waals surface area contributed by atoms with Gasteiger partial charge in [-0.2, -0.15) is 13.2 Å². The molecule has 4 heterocycles. The van der Waals surface area contributed by atoms with Crippen LogP contribution in [0.1, 0.15) is 54.9 Å². The maximum Gasteiger partial charge on any atom is 0.417 e. The predicted octanol–water partition coefficient (Wildman–Crippen LogP) is 4.72. The van der Waals surface area contributed by atoms with E-state index in [9.17, 15) is 22.8 Å². The van der Waals surface area contributed by atoms with Crippen LogP contribution in [0, 0.1) is 0 Å². The molecule has 2 aliphatic rings. The molecule has 2 aliphatic heterocycles. The summed E-state index contributed by atoms with van der Waals surface area (Å²) in [5, 5.41) is 2.94. The molecule has 1 fully saturated rings. The van der Waals surface area contributed by atoms with E-state index in [-0.39, 0.29) is 23.5 Å². The zero-order valence-corrected chi connectivity index (χ0v) is 24.1. The van der Waals surface area contributed by atoms with Gasteiger partial charge < -0.3 is 19.1 Å². The largest absolute Gasteiger partial charge is 0.492 e. The van der Waals surface area contributed by atoms with Gasteiger partial charge >= 0.3 is 12.1 Å². The first-order valence-corrected chi connectivity index (χ1v) is 13.9. The van der Waals surface area contributed by atoms with E-state index < -0.39 is 29.2 Å². The Balaban J connectivity index is 1.42. The van der Waals surface area contributed by atoms with E-state index >= 15 is 0 Å². The lowest BCUT2D eigenvalue weighted by Crippen LogP contribution is -2.38. The van der Waals surface area contributed by atoms with Gasteiger partial charge in [-0.05, 0) is 44.2 Å². The number of fused-ring (bicyclic) bond motifs is 3. The number of benzene rings is 1. The molecular formula is C30H35F3N4O5. The first-order chi connectivity index (χ1) is 19.8. The fourth-order valence-electron chi connectivity index (χ4n) is 5.40. The molecule has 0 bridgehead atoms. The van der Waals surface area contributed by atoms with Crippen molar-refractivity contribution in [3.63, 3.8) is 0 Å². The standard InChI is InChI=1S/C30H35F3N4O5/c1-19(2)42-28(39)23-17-36(18-29(3,4)25-24-15-21(30(31,32)33)16-37(24)34-26(23)25)27(38)20-5-7-22(8-6-20)41-14-11-35-9-12-40-13-10-35/h5-8,15-17,19,34H,9-14,18H2,1-4H3. The van der Waals surface area contributed by atoms with Crippen LogP contribution in [-0.4, -0.2) is 83.4 Å². The van der Waals surface area contributed by atoms with Crippen molar-refractivity contribution in [2.45, 2.75) is 45.4 Å². The summed E-state index contributed by atoms with van der Waals surface area (Å²) in [5.41, 5.74) is -0.148. The molecule has 1 N–H and O–H groups in total. The summed E-state index contributed by atoms with van der Waals surface area (Å²) in [7, 11) is 0. The molecule has 12 heteroatoms. The Morgan fingerprint density at radius 3 is 2.45 bits per heavy atom. The lowest BCUT2D eigenvalue weighted by atomic mass is 9.82. The normalized spacial score (nSPS) is 17.6. The highest BCUT2D eigenvalue weighted by atomic mass is 19.4. The Morgan fingerprint density at radius 2 is 1.81 bits per heavy atom. The van der Waals surface area contributed by atoms with E-state index in [1.54, 1.807) is 38.1 Å².